The van der Waals surface area contributed by atoms with Gasteiger partial charge >= 0.3 is 5.97 Å². The number of carbonyl (C=O) groups excluding carboxylic acids is 2. The average Bonchev–Trinajstić information content (AvgIpc) is 3.41. The normalized spacial score (nSPS) is 19.4. The Labute approximate surface area is 460 Å². The van der Waals surface area contributed by atoms with E-state index in [9.17, 15) is 35.1 Å². The number of aliphatic hydroxyl groups excluding tert-OH is 5. The van der Waals surface area contributed by atoms with Crippen molar-refractivity contribution in [2.75, 3.05) is 13.2 Å². The summed E-state index contributed by atoms with van der Waals surface area (Å²) in [6.07, 6.45) is 51.8. The summed E-state index contributed by atoms with van der Waals surface area (Å²) in [5.74, 6) is -1.19. The zero-order valence-corrected chi connectivity index (χ0v) is 48.7. The number of hydrogen-bond acceptors (Lipinski definition) is 10. The molecule has 0 bridgehead atoms. The van der Waals surface area contributed by atoms with Crippen LogP contribution in [0.2, 0.25) is 0 Å². The molecule has 1 fully saturated rings. The highest BCUT2D eigenvalue weighted by Gasteiger charge is 2.47. The van der Waals surface area contributed by atoms with E-state index < -0.39 is 67.4 Å². The lowest BCUT2D eigenvalue weighted by Crippen LogP contribution is -2.61. The van der Waals surface area contributed by atoms with E-state index in [4.69, 9.17) is 14.2 Å². The van der Waals surface area contributed by atoms with Gasteiger partial charge in [-0.1, -0.05) is 269 Å². The Hall–Kier alpha value is -2.12. The highest BCUT2D eigenvalue weighted by atomic mass is 16.7. The molecule has 0 aromatic carbocycles. The summed E-state index contributed by atoms with van der Waals surface area (Å²) >= 11 is 0. The molecule has 0 radical (unpaired) electrons. The monoisotopic (exact) mass is 1060 g/mol. The van der Waals surface area contributed by atoms with E-state index in [1.54, 1.807) is 6.08 Å². The Morgan fingerprint density at radius 1 is 0.520 bits per heavy atom. The Morgan fingerprint density at radius 2 is 0.920 bits per heavy atom. The van der Waals surface area contributed by atoms with Gasteiger partial charge in [-0.25, -0.2) is 0 Å². The highest BCUT2D eigenvalue weighted by Crippen LogP contribution is 2.26. The lowest BCUT2D eigenvalue weighted by molar-refractivity contribution is -0.305. The number of unbranched alkanes of at least 4 members (excludes halogenated alkanes) is 36. The molecule has 440 valence electrons. The van der Waals surface area contributed by atoms with E-state index in [0.717, 1.165) is 70.6 Å². The Kier molecular flexibility index (Phi) is 49.7. The molecule has 75 heavy (non-hydrogen) atoms. The second-order valence-electron chi connectivity index (χ2n) is 22.1. The van der Waals surface area contributed by atoms with E-state index in [1.807, 2.05) is 6.08 Å². The molecule has 11 heteroatoms. The van der Waals surface area contributed by atoms with Crippen molar-refractivity contribution in [2.45, 2.75) is 346 Å². The second-order valence-corrected chi connectivity index (χ2v) is 22.1. The summed E-state index contributed by atoms with van der Waals surface area (Å²) in [4.78, 5) is 26.5. The van der Waals surface area contributed by atoms with Gasteiger partial charge in [0.15, 0.2) is 12.4 Å². The lowest BCUT2D eigenvalue weighted by atomic mass is 9.99. The maximum Gasteiger partial charge on any atom is 0.306 e. The van der Waals surface area contributed by atoms with Crippen molar-refractivity contribution in [2.24, 2.45) is 0 Å². The maximum atomic E-state index is 13.4. The predicted molar refractivity (Wildman–Crippen MR) is 311 cm³/mol. The largest absolute Gasteiger partial charge is 0.454 e. The van der Waals surface area contributed by atoms with Crippen LogP contribution in [0.1, 0.15) is 297 Å². The molecule has 8 atom stereocenters. The van der Waals surface area contributed by atoms with E-state index in [2.05, 4.69) is 50.4 Å². The Morgan fingerprint density at radius 3 is 1.39 bits per heavy atom. The van der Waals surface area contributed by atoms with Crippen molar-refractivity contribution >= 4 is 11.9 Å². The van der Waals surface area contributed by atoms with Crippen LogP contribution in [0, 0.1) is 0 Å². The number of rotatable bonds is 54. The third-order valence-electron chi connectivity index (χ3n) is 15.0. The molecule has 0 aliphatic carbocycles. The number of nitrogens with one attached hydrogen (secondary N) is 1. The maximum absolute atomic E-state index is 13.4. The van der Waals surface area contributed by atoms with Gasteiger partial charge in [-0.3, -0.25) is 9.59 Å². The van der Waals surface area contributed by atoms with Crippen molar-refractivity contribution in [3.63, 3.8) is 0 Å². The molecule has 1 aliphatic heterocycles. The molecule has 11 nitrogen and oxygen atoms in total. The van der Waals surface area contributed by atoms with Gasteiger partial charge in [0.1, 0.15) is 24.4 Å². The first kappa shape index (κ1) is 70.9. The molecule has 0 spiro atoms. The molecule has 1 saturated heterocycles. The number of hydrogen-bond donors (Lipinski definition) is 6. The van der Waals surface area contributed by atoms with Crippen LogP contribution in [0.5, 0.6) is 0 Å². The Bertz CT molecular complexity index is 1360. The summed E-state index contributed by atoms with van der Waals surface area (Å²) in [5, 5.41) is 57.0. The SMILES string of the molecule is CCCCC/C=C\C/C=C\CCCCCCCCCCCCC(O)C(=O)NC(COC1OC(CO)C(O)C(O)C1OC(=O)CCCCCCCCCCCCCCC)C(O)/C=C/CCCCCCCCCCCCC. The molecule has 1 heterocycles. The molecular formula is C64H119NO10. The van der Waals surface area contributed by atoms with Crippen LogP contribution < -0.4 is 5.32 Å². The van der Waals surface area contributed by atoms with E-state index in [0.29, 0.717) is 19.3 Å². The first-order valence-electron chi connectivity index (χ1n) is 31.8. The fourth-order valence-corrected chi connectivity index (χ4v) is 9.98. The summed E-state index contributed by atoms with van der Waals surface area (Å²) in [6.45, 7) is 5.78. The van der Waals surface area contributed by atoms with Crippen LogP contribution >= 0.6 is 0 Å². The second kappa shape index (κ2) is 52.6. The minimum atomic E-state index is -1.61. The van der Waals surface area contributed by atoms with Crippen molar-refractivity contribution in [1.82, 2.24) is 5.32 Å². The number of ether oxygens (including phenoxy) is 3. The summed E-state index contributed by atoms with van der Waals surface area (Å²) < 4.78 is 17.6. The first-order chi connectivity index (χ1) is 36.7. The predicted octanol–water partition coefficient (Wildman–Crippen LogP) is 15.1. The van der Waals surface area contributed by atoms with Crippen LogP contribution in [0.4, 0.5) is 0 Å². The van der Waals surface area contributed by atoms with E-state index in [-0.39, 0.29) is 13.0 Å². The average molecular weight is 1060 g/mol. The number of allylic oxidation sites excluding steroid dienone is 5. The van der Waals surface area contributed by atoms with Gasteiger partial charge in [0.2, 0.25) is 5.91 Å². The standard InChI is InChI=1S/C64H119NO10/c1-4-7-10-13-16-19-22-25-26-27-28-29-30-31-34-36-39-42-45-48-51-57(68)63(72)65-55(56(67)50-47-44-41-38-35-32-23-20-17-14-11-8-5-2)54-73-64-62(61(71)60(70)58(53-66)74-64)75-59(69)52-49-46-43-40-37-33-24-21-18-15-12-9-6-3/h16,19,25-26,47,50,55-58,60-62,64,66-68,70-71H,4-15,17-18,20-24,27-46,48-49,51-54H2,1-3H3,(H,65,72)/b19-16-,26-25-,50-47+. The van der Waals surface area contributed by atoms with Gasteiger partial charge in [0, 0.05) is 6.42 Å². The molecule has 1 amide bonds. The van der Waals surface area contributed by atoms with Crippen LogP contribution in [0.25, 0.3) is 0 Å². The van der Waals surface area contributed by atoms with Crippen LogP contribution in [0.3, 0.4) is 0 Å². The number of carbonyl (C=O) groups is 2. The van der Waals surface area contributed by atoms with Crippen molar-refractivity contribution in [3.8, 4) is 0 Å². The summed E-state index contributed by atoms with van der Waals surface area (Å²) in [7, 11) is 0. The van der Waals surface area contributed by atoms with E-state index >= 15 is 0 Å². The van der Waals surface area contributed by atoms with Crippen molar-refractivity contribution < 1.29 is 49.3 Å². The lowest BCUT2D eigenvalue weighted by Gasteiger charge is -2.41. The third-order valence-corrected chi connectivity index (χ3v) is 15.0. The fraction of sp³-hybridized carbons (Fsp3) is 0.875. The first-order valence-corrected chi connectivity index (χ1v) is 31.8. The molecular weight excluding hydrogens is 943 g/mol. The number of aliphatic hydroxyl groups is 5. The number of esters is 1. The fourth-order valence-electron chi connectivity index (χ4n) is 9.98. The quantitative estimate of drug-likeness (QED) is 0.0195. The van der Waals surface area contributed by atoms with Gasteiger partial charge in [0.25, 0.3) is 0 Å². The molecule has 0 aromatic heterocycles. The minimum absolute atomic E-state index is 0.128. The topological polar surface area (TPSA) is 175 Å². The molecule has 1 aliphatic rings. The molecule has 8 unspecified atom stereocenters. The van der Waals surface area contributed by atoms with Gasteiger partial charge in [-0.2, -0.15) is 0 Å². The van der Waals surface area contributed by atoms with Crippen LogP contribution in [0.15, 0.2) is 36.5 Å². The highest BCUT2D eigenvalue weighted by molar-refractivity contribution is 5.80. The van der Waals surface area contributed by atoms with E-state index in [1.165, 1.54) is 180 Å². The zero-order valence-electron chi connectivity index (χ0n) is 48.7. The van der Waals surface area contributed by atoms with Gasteiger partial charge in [-0.15, -0.1) is 0 Å². The summed E-state index contributed by atoms with van der Waals surface area (Å²) in [6, 6.07) is -1.02. The number of amides is 1. The van der Waals surface area contributed by atoms with Crippen LogP contribution in [-0.4, -0.2) is 99.6 Å². The van der Waals surface area contributed by atoms with Crippen LogP contribution in [-0.2, 0) is 23.8 Å². The zero-order chi connectivity index (χ0) is 54.7. The van der Waals surface area contributed by atoms with Gasteiger partial charge in [-0.05, 0) is 57.8 Å². The van der Waals surface area contributed by atoms with Crippen molar-refractivity contribution in [3.05, 3.63) is 36.5 Å². The van der Waals surface area contributed by atoms with Gasteiger partial charge < -0.3 is 45.1 Å². The third kappa shape index (κ3) is 40.7. The summed E-state index contributed by atoms with van der Waals surface area (Å²) in [5.41, 5.74) is 0. The smallest absolute Gasteiger partial charge is 0.306 e. The molecule has 0 saturated carbocycles. The Balaban J connectivity index is 2.66. The molecule has 6 N–H and O–H groups in total. The molecule has 1 rings (SSSR count). The van der Waals surface area contributed by atoms with Crippen molar-refractivity contribution in [1.29, 1.82) is 0 Å². The molecule has 0 aromatic rings. The minimum Gasteiger partial charge on any atom is -0.454 e. The van der Waals surface area contributed by atoms with Gasteiger partial charge in [0.05, 0.1) is 25.4 Å².